The van der Waals surface area contributed by atoms with Crippen molar-refractivity contribution in [1.29, 1.82) is 0 Å². The fourth-order valence-corrected chi connectivity index (χ4v) is 6.28. The van der Waals surface area contributed by atoms with Gasteiger partial charge in [-0.25, -0.2) is 12.7 Å². The highest BCUT2D eigenvalue weighted by Gasteiger charge is 2.35. The monoisotopic (exact) mass is 562 g/mol. The lowest BCUT2D eigenvalue weighted by molar-refractivity contribution is -0.0823. The Hall–Kier alpha value is 0.220. The molecule has 2 saturated heterocycles. The first-order chi connectivity index (χ1) is 13.2. The van der Waals surface area contributed by atoms with Crippen molar-refractivity contribution in [2.75, 3.05) is 56.6 Å². The molecule has 29 heavy (non-hydrogen) atoms. The molecule has 2 aliphatic rings. The van der Waals surface area contributed by atoms with Crippen molar-refractivity contribution in [3.8, 4) is 0 Å². The third-order valence-corrected chi connectivity index (χ3v) is 7.96. The van der Waals surface area contributed by atoms with Gasteiger partial charge in [-0.15, -0.1) is 24.0 Å². The van der Waals surface area contributed by atoms with E-state index in [-0.39, 0.29) is 41.2 Å². The van der Waals surface area contributed by atoms with Crippen molar-refractivity contribution in [2.45, 2.75) is 46.6 Å². The summed E-state index contributed by atoms with van der Waals surface area (Å²) in [6, 6.07) is 0. The van der Waals surface area contributed by atoms with Crippen molar-refractivity contribution in [3.05, 3.63) is 0 Å². The minimum atomic E-state index is -3.20. The van der Waals surface area contributed by atoms with Gasteiger partial charge in [-0.1, -0.05) is 20.8 Å². The topological polar surface area (TPSA) is 83.0 Å². The third kappa shape index (κ3) is 9.08. The van der Waals surface area contributed by atoms with Gasteiger partial charge in [-0.2, -0.15) is 11.8 Å². The first-order valence-electron chi connectivity index (χ1n) is 10.4. The van der Waals surface area contributed by atoms with Crippen LogP contribution in [0.1, 0.15) is 40.5 Å². The van der Waals surface area contributed by atoms with Crippen LogP contribution in [0.15, 0.2) is 4.99 Å². The SMILES string of the molecule is CCNC(=NCC1CCCOC1C(C)(C)C)NCCS(=O)(=O)N1CCSCC1.I. The number of aliphatic imine (C=N–C) groups is 1. The Kier molecular flexibility index (Phi) is 12.1. The van der Waals surface area contributed by atoms with Crippen LogP contribution in [-0.4, -0.2) is 81.4 Å². The van der Waals surface area contributed by atoms with Gasteiger partial charge in [0.2, 0.25) is 10.0 Å². The second-order valence-electron chi connectivity index (χ2n) is 8.53. The van der Waals surface area contributed by atoms with Crippen LogP contribution in [-0.2, 0) is 14.8 Å². The smallest absolute Gasteiger partial charge is 0.215 e. The Bertz CT molecular complexity index is 605. The minimum absolute atomic E-state index is 0. The minimum Gasteiger partial charge on any atom is -0.377 e. The van der Waals surface area contributed by atoms with Gasteiger partial charge in [0.1, 0.15) is 0 Å². The number of hydrogen-bond donors (Lipinski definition) is 2. The summed E-state index contributed by atoms with van der Waals surface area (Å²) in [4.78, 5) is 4.74. The van der Waals surface area contributed by atoms with E-state index in [2.05, 4.69) is 31.4 Å². The predicted molar refractivity (Wildman–Crippen MR) is 134 cm³/mol. The fraction of sp³-hybridized carbons (Fsp3) is 0.947. The molecule has 0 spiro atoms. The number of guanidine groups is 1. The lowest BCUT2D eigenvalue weighted by atomic mass is 9.78. The molecule has 2 unspecified atom stereocenters. The number of halogens is 1. The lowest BCUT2D eigenvalue weighted by Gasteiger charge is -2.39. The standard InChI is InChI=1S/C19H38N4O3S2.HI/c1-5-20-18(21-8-14-28(24,25)23-9-12-27-13-10-23)22-15-16-7-6-11-26-17(16)19(2,3)4;/h16-17H,5-15H2,1-4H3,(H2,20,21,22);1H. The van der Waals surface area contributed by atoms with E-state index in [4.69, 9.17) is 9.73 Å². The number of hydrogen-bond acceptors (Lipinski definition) is 5. The summed E-state index contributed by atoms with van der Waals surface area (Å²) in [6.45, 7) is 12.5. The summed E-state index contributed by atoms with van der Waals surface area (Å²) < 4.78 is 32.6. The van der Waals surface area contributed by atoms with Crippen LogP contribution in [0.3, 0.4) is 0 Å². The zero-order valence-corrected chi connectivity index (χ0v) is 22.2. The van der Waals surface area contributed by atoms with E-state index >= 15 is 0 Å². The molecule has 0 aromatic heterocycles. The molecule has 0 aliphatic carbocycles. The van der Waals surface area contributed by atoms with E-state index in [9.17, 15) is 8.42 Å². The maximum absolute atomic E-state index is 12.5. The van der Waals surface area contributed by atoms with E-state index in [1.165, 1.54) is 0 Å². The van der Waals surface area contributed by atoms with Crippen LogP contribution >= 0.6 is 35.7 Å². The van der Waals surface area contributed by atoms with Gasteiger partial charge >= 0.3 is 0 Å². The fourth-order valence-electron chi connectivity index (χ4n) is 3.79. The van der Waals surface area contributed by atoms with E-state index in [0.717, 1.165) is 37.5 Å². The molecule has 0 radical (unpaired) electrons. The van der Waals surface area contributed by atoms with Gasteiger partial charge in [0.25, 0.3) is 0 Å². The van der Waals surface area contributed by atoms with Gasteiger partial charge in [-0.05, 0) is 25.2 Å². The van der Waals surface area contributed by atoms with Gasteiger partial charge in [-0.3, -0.25) is 4.99 Å². The van der Waals surface area contributed by atoms with Crippen LogP contribution in [0, 0.1) is 11.3 Å². The van der Waals surface area contributed by atoms with E-state index in [1.54, 1.807) is 4.31 Å². The molecule has 2 heterocycles. The highest BCUT2D eigenvalue weighted by Crippen LogP contribution is 2.34. The maximum Gasteiger partial charge on any atom is 0.215 e. The first kappa shape index (κ1) is 27.3. The third-order valence-electron chi connectivity index (χ3n) is 5.14. The van der Waals surface area contributed by atoms with Gasteiger partial charge in [0, 0.05) is 56.8 Å². The Morgan fingerprint density at radius 3 is 2.55 bits per heavy atom. The van der Waals surface area contributed by atoms with E-state index in [0.29, 0.717) is 38.1 Å². The molecule has 172 valence electrons. The Labute approximate surface area is 198 Å². The summed E-state index contributed by atoms with van der Waals surface area (Å²) in [5.74, 6) is 2.94. The average molecular weight is 563 g/mol. The first-order valence-corrected chi connectivity index (χ1v) is 13.2. The van der Waals surface area contributed by atoms with Crippen molar-refractivity contribution < 1.29 is 13.2 Å². The average Bonchev–Trinajstić information content (AvgIpc) is 2.66. The number of ether oxygens (including phenoxy) is 1. The van der Waals surface area contributed by atoms with Crippen molar-refractivity contribution in [1.82, 2.24) is 14.9 Å². The largest absolute Gasteiger partial charge is 0.377 e. The van der Waals surface area contributed by atoms with Gasteiger partial charge in [0.05, 0.1) is 11.9 Å². The molecule has 2 rings (SSSR count). The zero-order valence-electron chi connectivity index (χ0n) is 18.3. The van der Waals surface area contributed by atoms with Crippen LogP contribution in [0.25, 0.3) is 0 Å². The molecule has 2 N–H and O–H groups in total. The van der Waals surface area contributed by atoms with E-state index < -0.39 is 10.0 Å². The van der Waals surface area contributed by atoms with Gasteiger partial charge in [0.15, 0.2) is 5.96 Å². The van der Waals surface area contributed by atoms with Crippen molar-refractivity contribution in [3.63, 3.8) is 0 Å². The Morgan fingerprint density at radius 1 is 1.24 bits per heavy atom. The summed E-state index contributed by atoms with van der Waals surface area (Å²) in [5.41, 5.74) is 0.0905. The Balaban J connectivity index is 0.00000420. The normalized spacial score (nSPS) is 24.6. The second-order valence-corrected chi connectivity index (χ2v) is 11.8. The molecule has 2 aliphatic heterocycles. The van der Waals surface area contributed by atoms with Crippen LogP contribution < -0.4 is 10.6 Å². The molecule has 2 atom stereocenters. The highest BCUT2D eigenvalue weighted by atomic mass is 127. The Morgan fingerprint density at radius 2 is 1.93 bits per heavy atom. The second kappa shape index (κ2) is 12.9. The van der Waals surface area contributed by atoms with E-state index in [1.807, 2.05) is 18.7 Å². The number of thioether (sulfide) groups is 1. The summed E-state index contributed by atoms with van der Waals surface area (Å²) >= 11 is 1.81. The van der Waals surface area contributed by atoms with Crippen molar-refractivity contribution >= 4 is 51.7 Å². The zero-order chi connectivity index (χ0) is 20.6. The van der Waals surface area contributed by atoms with Gasteiger partial charge < -0.3 is 15.4 Å². The molecular formula is C19H39IN4O3S2. The number of sulfonamides is 1. The van der Waals surface area contributed by atoms with Crippen LogP contribution in [0.4, 0.5) is 0 Å². The summed E-state index contributed by atoms with van der Waals surface area (Å²) in [6.07, 6.45) is 2.39. The van der Waals surface area contributed by atoms with Crippen molar-refractivity contribution in [2.24, 2.45) is 16.3 Å². The molecule has 0 amide bonds. The number of nitrogens with one attached hydrogen (secondary N) is 2. The molecule has 7 nitrogen and oxygen atoms in total. The van der Waals surface area contributed by atoms with Crippen LogP contribution in [0.5, 0.6) is 0 Å². The maximum atomic E-state index is 12.5. The molecule has 0 bridgehead atoms. The quantitative estimate of drug-likeness (QED) is 0.282. The number of rotatable bonds is 7. The molecule has 0 saturated carbocycles. The molecule has 0 aromatic carbocycles. The predicted octanol–water partition coefficient (Wildman–Crippen LogP) is 2.38. The molecule has 2 fully saturated rings. The lowest BCUT2D eigenvalue weighted by Crippen LogP contribution is -2.45. The molecule has 10 heteroatoms. The summed E-state index contributed by atoms with van der Waals surface area (Å²) in [5, 5.41) is 6.42. The molecular weight excluding hydrogens is 523 g/mol. The number of nitrogens with zero attached hydrogens (tertiary/aromatic N) is 2. The molecule has 0 aromatic rings. The summed E-state index contributed by atoms with van der Waals surface area (Å²) in [7, 11) is -3.20. The highest BCUT2D eigenvalue weighted by molar-refractivity contribution is 14.0. The van der Waals surface area contributed by atoms with Crippen LogP contribution in [0.2, 0.25) is 0 Å².